The van der Waals surface area contributed by atoms with Gasteiger partial charge in [0.25, 0.3) is 10.0 Å². The molecule has 0 radical (unpaired) electrons. The molecule has 0 bridgehead atoms. The van der Waals surface area contributed by atoms with Gasteiger partial charge in [-0.3, -0.25) is 9.71 Å². The molecule has 0 aliphatic rings. The third-order valence-electron chi connectivity index (χ3n) is 4.72. The lowest BCUT2D eigenvalue weighted by molar-refractivity contribution is -0.137. The first kappa shape index (κ1) is 27.0. The van der Waals surface area contributed by atoms with Gasteiger partial charge in [0.15, 0.2) is 0 Å². The van der Waals surface area contributed by atoms with Gasteiger partial charge < -0.3 is 5.11 Å². The second-order valence-corrected chi connectivity index (χ2v) is 11.4. The van der Waals surface area contributed by atoms with Gasteiger partial charge in [-0.1, -0.05) is 29.3 Å². The SMILES string of the molecule is Cc1c(Cl)cccc1NS(=O)(=O)c1ccc(O)c(S(=O)(=O)NCc2ncc(C(F)(F)F)cc2Cl)c1. The van der Waals surface area contributed by atoms with E-state index in [1.54, 1.807) is 13.0 Å². The van der Waals surface area contributed by atoms with Crippen molar-refractivity contribution in [2.24, 2.45) is 0 Å². The minimum absolute atomic E-state index is 0.163. The second kappa shape index (κ2) is 9.82. The van der Waals surface area contributed by atoms with Gasteiger partial charge in [-0.15, -0.1) is 0 Å². The van der Waals surface area contributed by atoms with Gasteiger partial charge in [0.05, 0.1) is 33.4 Å². The summed E-state index contributed by atoms with van der Waals surface area (Å²) in [7, 11) is -8.85. The van der Waals surface area contributed by atoms with Crippen LogP contribution in [0.5, 0.6) is 5.75 Å². The number of rotatable bonds is 7. The fourth-order valence-corrected chi connectivity index (χ4v) is 5.53. The van der Waals surface area contributed by atoms with Crippen molar-refractivity contribution in [3.8, 4) is 5.75 Å². The van der Waals surface area contributed by atoms with E-state index in [1.807, 2.05) is 4.72 Å². The first-order chi connectivity index (χ1) is 16.1. The number of anilines is 1. The van der Waals surface area contributed by atoms with E-state index in [-0.39, 0.29) is 11.4 Å². The molecule has 3 aromatic rings. The number of pyridine rings is 1. The van der Waals surface area contributed by atoms with E-state index in [4.69, 9.17) is 23.2 Å². The van der Waals surface area contributed by atoms with Gasteiger partial charge in [0.1, 0.15) is 10.6 Å². The maximum absolute atomic E-state index is 12.8. The number of aromatic hydroxyl groups is 1. The van der Waals surface area contributed by atoms with Crippen LogP contribution in [0.25, 0.3) is 0 Å². The molecule has 0 unspecified atom stereocenters. The monoisotopic (exact) mass is 569 g/mol. The van der Waals surface area contributed by atoms with Crippen LogP contribution in [-0.4, -0.2) is 26.9 Å². The average molecular weight is 570 g/mol. The maximum Gasteiger partial charge on any atom is 0.417 e. The lowest BCUT2D eigenvalue weighted by atomic mass is 10.2. The van der Waals surface area contributed by atoms with E-state index in [0.29, 0.717) is 22.8 Å². The van der Waals surface area contributed by atoms with Gasteiger partial charge in [-0.05, 0) is 48.9 Å². The summed E-state index contributed by atoms with van der Waals surface area (Å²) in [6.45, 7) is 0.951. The molecular formula is C20H16Cl2F3N3O5S2. The number of benzene rings is 2. The van der Waals surface area contributed by atoms with Crippen LogP contribution >= 0.6 is 23.2 Å². The zero-order valence-corrected chi connectivity index (χ0v) is 20.7. The maximum atomic E-state index is 12.8. The number of phenols is 1. The van der Waals surface area contributed by atoms with Crippen LogP contribution in [0.2, 0.25) is 10.0 Å². The largest absolute Gasteiger partial charge is 0.507 e. The quantitative estimate of drug-likeness (QED) is 0.378. The molecular weight excluding hydrogens is 554 g/mol. The summed E-state index contributed by atoms with van der Waals surface area (Å²) >= 11 is 11.8. The van der Waals surface area contributed by atoms with E-state index in [9.17, 15) is 35.1 Å². The second-order valence-electron chi connectivity index (χ2n) is 7.12. The molecule has 15 heteroatoms. The smallest absolute Gasteiger partial charge is 0.417 e. The minimum Gasteiger partial charge on any atom is -0.507 e. The summed E-state index contributed by atoms with van der Waals surface area (Å²) in [5.41, 5.74) is -0.736. The summed E-state index contributed by atoms with van der Waals surface area (Å²) in [5.74, 6) is -0.762. The van der Waals surface area contributed by atoms with Gasteiger partial charge in [0.2, 0.25) is 10.0 Å². The van der Waals surface area contributed by atoms with Crippen molar-refractivity contribution in [2.45, 2.75) is 29.4 Å². The van der Waals surface area contributed by atoms with E-state index >= 15 is 0 Å². The molecule has 35 heavy (non-hydrogen) atoms. The fourth-order valence-electron chi connectivity index (χ4n) is 2.79. The minimum atomic E-state index is -4.69. The fraction of sp³-hybridized carbons (Fsp3) is 0.150. The molecule has 0 aliphatic carbocycles. The van der Waals surface area contributed by atoms with E-state index < -0.39 is 58.9 Å². The predicted molar refractivity (Wildman–Crippen MR) is 123 cm³/mol. The molecule has 3 rings (SSSR count). The molecule has 2 aromatic carbocycles. The molecule has 0 fully saturated rings. The summed E-state index contributed by atoms with van der Waals surface area (Å²) in [4.78, 5) is 2.25. The third-order valence-corrected chi connectivity index (χ3v) is 8.25. The first-order valence-electron chi connectivity index (χ1n) is 9.44. The number of nitrogens with zero attached hydrogens (tertiary/aromatic N) is 1. The number of nitrogens with one attached hydrogen (secondary N) is 2. The molecule has 1 heterocycles. The zero-order valence-electron chi connectivity index (χ0n) is 17.6. The van der Waals surface area contributed by atoms with Crippen LogP contribution in [0.4, 0.5) is 18.9 Å². The Morgan fingerprint density at radius 2 is 1.69 bits per heavy atom. The van der Waals surface area contributed by atoms with Gasteiger partial charge in [0, 0.05) is 11.2 Å². The molecule has 0 amide bonds. The van der Waals surface area contributed by atoms with Crippen molar-refractivity contribution in [3.63, 3.8) is 0 Å². The number of hydrogen-bond donors (Lipinski definition) is 3. The number of sulfonamides is 2. The van der Waals surface area contributed by atoms with E-state index in [1.165, 1.54) is 12.1 Å². The normalized spacial score (nSPS) is 12.5. The number of aromatic nitrogens is 1. The van der Waals surface area contributed by atoms with Crippen LogP contribution in [0.1, 0.15) is 16.8 Å². The standard InChI is InChI=1S/C20H16Cl2F3N3O5S2/c1-11-14(21)3-2-4-16(11)28-34(30,31)13-5-6-18(29)19(8-13)35(32,33)27-10-17-15(22)7-12(9-26-17)20(23,24)25/h2-9,27-29H,10H2,1H3. The van der Waals surface area contributed by atoms with E-state index in [0.717, 1.165) is 18.2 Å². The van der Waals surface area contributed by atoms with Crippen molar-refractivity contribution >= 4 is 48.9 Å². The Labute approximate surface area is 208 Å². The molecule has 8 nitrogen and oxygen atoms in total. The van der Waals surface area contributed by atoms with Crippen molar-refractivity contribution in [1.82, 2.24) is 9.71 Å². The number of alkyl halides is 3. The topological polar surface area (TPSA) is 125 Å². The predicted octanol–water partition coefficient (Wildman–Crippen LogP) is 4.70. The average Bonchev–Trinajstić information content (AvgIpc) is 2.75. The Bertz CT molecular complexity index is 1500. The van der Waals surface area contributed by atoms with Crippen molar-refractivity contribution in [2.75, 3.05) is 4.72 Å². The summed E-state index contributed by atoms with van der Waals surface area (Å²) < 4.78 is 93.7. The highest BCUT2D eigenvalue weighted by Crippen LogP contribution is 2.32. The van der Waals surface area contributed by atoms with Crippen LogP contribution in [0.15, 0.2) is 58.5 Å². The lowest BCUT2D eigenvalue weighted by Crippen LogP contribution is -2.25. The Kier molecular flexibility index (Phi) is 7.58. The highest BCUT2D eigenvalue weighted by atomic mass is 35.5. The number of phenolic OH excluding ortho intramolecular Hbond substituents is 1. The lowest BCUT2D eigenvalue weighted by Gasteiger charge is -2.14. The zero-order chi connectivity index (χ0) is 26.2. The highest BCUT2D eigenvalue weighted by Gasteiger charge is 2.32. The van der Waals surface area contributed by atoms with Crippen LogP contribution in [0, 0.1) is 6.92 Å². The van der Waals surface area contributed by atoms with Crippen LogP contribution in [-0.2, 0) is 32.8 Å². The molecule has 0 saturated carbocycles. The molecule has 1 aromatic heterocycles. The van der Waals surface area contributed by atoms with Gasteiger partial charge >= 0.3 is 6.18 Å². The Morgan fingerprint density at radius 1 is 1.00 bits per heavy atom. The number of hydrogen-bond acceptors (Lipinski definition) is 6. The Morgan fingerprint density at radius 3 is 2.31 bits per heavy atom. The first-order valence-corrected chi connectivity index (χ1v) is 13.2. The molecule has 3 N–H and O–H groups in total. The third kappa shape index (κ3) is 6.16. The van der Waals surface area contributed by atoms with Crippen molar-refractivity contribution in [3.05, 3.63) is 75.5 Å². The molecule has 0 saturated heterocycles. The number of halogens is 5. The molecule has 0 spiro atoms. The van der Waals surface area contributed by atoms with E-state index in [2.05, 4.69) is 9.71 Å². The van der Waals surface area contributed by atoms with Crippen molar-refractivity contribution in [1.29, 1.82) is 0 Å². The molecule has 188 valence electrons. The molecule has 0 aliphatic heterocycles. The van der Waals surface area contributed by atoms with Gasteiger partial charge in [-0.25, -0.2) is 21.6 Å². The molecule has 0 atom stereocenters. The van der Waals surface area contributed by atoms with Crippen molar-refractivity contribution < 1.29 is 35.1 Å². The Balaban J connectivity index is 1.88. The Hall–Kier alpha value is -2.58. The highest BCUT2D eigenvalue weighted by molar-refractivity contribution is 7.93. The summed E-state index contributed by atoms with van der Waals surface area (Å²) in [6, 6.07) is 7.71. The summed E-state index contributed by atoms with van der Waals surface area (Å²) in [5, 5.41) is 9.93. The summed E-state index contributed by atoms with van der Waals surface area (Å²) in [6.07, 6.45) is -4.20. The van der Waals surface area contributed by atoms with Crippen LogP contribution < -0.4 is 9.44 Å². The van der Waals surface area contributed by atoms with Crippen LogP contribution in [0.3, 0.4) is 0 Å². The van der Waals surface area contributed by atoms with Gasteiger partial charge in [-0.2, -0.15) is 13.2 Å².